The van der Waals surface area contributed by atoms with Crippen LogP contribution in [0.5, 0.6) is 5.75 Å². The van der Waals surface area contributed by atoms with Crippen LogP contribution in [0, 0.1) is 0 Å². The van der Waals surface area contributed by atoms with Crippen molar-refractivity contribution in [2.45, 2.75) is 25.5 Å². The van der Waals surface area contributed by atoms with Crippen LogP contribution < -0.4 is 10.5 Å². The molecule has 0 saturated heterocycles. The molecule has 0 aliphatic carbocycles. The van der Waals surface area contributed by atoms with Crippen molar-refractivity contribution >= 4 is 10.8 Å². The number of aliphatic hydroxyl groups is 1. The number of hydrogen-bond donors (Lipinski definition) is 2. The third-order valence-electron chi connectivity index (χ3n) is 3.33. The van der Waals surface area contributed by atoms with Crippen LogP contribution in [0.1, 0.15) is 25.0 Å². The SMILES string of the molecule is CCC(N)C(O)c1ccc(OC)c2ccccc12. The highest BCUT2D eigenvalue weighted by Gasteiger charge is 2.18. The summed E-state index contributed by atoms with van der Waals surface area (Å²) in [5.41, 5.74) is 6.79. The Morgan fingerprint density at radius 3 is 2.44 bits per heavy atom. The summed E-state index contributed by atoms with van der Waals surface area (Å²) in [6, 6.07) is 11.4. The van der Waals surface area contributed by atoms with Gasteiger partial charge in [0.1, 0.15) is 5.75 Å². The second-order valence-electron chi connectivity index (χ2n) is 4.42. The van der Waals surface area contributed by atoms with Crippen molar-refractivity contribution in [3.8, 4) is 5.75 Å². The van der Waals surface area contributed by atoms with Crippen molar-refractivity contribution in [2.24, 2.45) is 5.73 Å². The van der Waals surface area contributed by atoms with Crippen molar-refractivity contribution in [3.63, 3.8) is 0 Å². The zero-order valence-corrected chi connectivity index (χ0v) is 10.8. The maximum absolute atomic E-state index is 10.3. The van der Waals surface area contributed by atoms with Gasteiger partial charge in [-0.15, -0.1) is 0 Å². The van der Waals surface area contributed by atoms with E-state index >= 15 is 0 Å². The average molecular weight is 245 g/mol. The highest BCUT2D eigenvalue weighted by Crippen LogP contribution is 2.32. The van der Waals surface area contributed by atoms with Crippen LogP contribution >= 0.6 is 0 Å². The van der Waals surface area contributed by atoms with Gasteiger partial charge in [0.25, 0.3) is 0 Å². The lowest BCUT2D eigenvalue weighted by Crippen LogP contribution is -2.27. The van der Waals surface area contributed by atoms with Crippen LogP contribution in [0.15, 0.2) is 36.4 Å². The molecule has 0 radical (unpaired) electrons. The summed E-state index contributed by atoms with van der Waals surface area (Å²) >= 11 is 0. The minimum Gasteiger partial charge on any atom is -0.496 e. The molecular formula is C15H19NO2. The molecule has 2 aromatic rings. The molecule has 2 rings (SSSR count). The predicted molar refractivity (Wildman–Crippen MR) is 73.7 cm³/mol. The van der Waals surface area contributed by atoms with Crippen LogP contribution in [0.2, 0.25) is 0 Å². The molecule has 3 N–H and O–H groups in total. The first-order valence-corrected chi connectivity index (χ1v) is 6.18. The first kappa shape index (κ1) is 12.9. The Balaban J connectivity index is 2.59. The van der Waals surface area contributed by atoms with Crippen LogP contribution in [0.4, 0.5) is 0 Å². The molecule has 2 aromatic carbocycles. The lowest BCUT2D eigenvalue weighted by molar-refractivity contribution is 0.146. The van der Waals surface area contributed by atoms with E-state index in [1.165, 1.54) is 0 Å². The van der Waals surface area contributed by atoms with Gasteiger partial charge in [-0.1, -0.05) is 37.3 Å². The fourth-order valence-electron chi connectivity index (χ4n) is 2.18. The molecule has 3 heteroatoms. The number of benzene rings is 2. The Morgan fingerprint density at radius 2 is 1.83 bits per heavy atom. The number of rotatable bonds is 4. The maximum Gasteiger partial charge on any atom is 0.126 e. The summed E-state index contributed by atoms with van der Waals surface area (Å²) in [5.74, 6) is 0.812. The summed E-state index contributed by atoms with van der Waals surface area (Å²) < 4.78 is 5.34. The van der Waals surface area contributed by atoms with E-state index in [4.69, 9.17) is 10.5 Å². The minimum atomic E-state index is -0.647. The van der Waals surface area contributed by atoms with E-state index in [1.54, 1.807) is 7.11 Å². The van der Waals surface area contributed by atoms with Gasteiger partial charge >= 0.3 is 0 Å². The second kappa shape index (κ2) is 5.38. The molecule has 3 nitrogen and oxygen atoms in total. The predicted octanol–water partition coefficient (Wildman–Crippen LogP) is 2.62. The number of methoxy groups -OCH3 is 1. The van der Waals surface area contributed by atoms with E-state index < -0.39 is 6.10 Å². The van der Waals surface area contributed by atoms with Crippen LogP contribution in [0.25, 0.3) is 10.8 Å². The summed E-state index contributed by atoms with van der Waals surface area (Å²) in [6.45, 7) is 1.97. The number of nitrogens with two attached hydrogens (primary N) is 1. The standard InChI is InChI=1S/C15H19NO2/c1-3-13(16)15(17)12-8-9-14(18-2)11-7-5-4-6-10(11)12/h4-9,13,15,17H,3,16H2,1-2H3. The van der Waals surface area contributed by atoms with Crippen molar-refractivity contribution in [1.82, 2.24) is 0 Å². The van der Waals surface area contributed by atoms with E-state index in [0.717, 1.165) is 28.5 Å². The van der Waals surface area contributed by atoms with Gasteiger partial charge in [-0.25, -0.2) is 0 Å². The maximum atomic E-state index is 10.3. The third kappa shape index (κ3) is 2.19. The van der Waals surface area contributed by atoms with Crippen molar-refractivity contribution in [1.29, 1.82) is 0 Å². The molecule has 0 spiro atoms. The highest BCUT2D eigenvalue weighted by molar-refractivity contribution is 5.91. The van der Waals surface area contributed by atoms with Crippen molar-refractivity contribution in [2.75, 3.05) is 7.11 Å². The normalized spacial score (nSPS) is 14.4. The smallest absolute Gasteiger partial charge is 0.126 e. The third-order valence-corrected chi connectivity index (χ3v) is 3.33. The molecule has 0 aromatic heterocycles. The monoisotopic (exact) mass is 245 g/mol. The summed E-state index contributed by atoms with van der Waals surface area (Å²) in [7, 11) is 1.65. The molecule has 0 fully saturated rings. The Morgan fingerprint density at radius 1 is 1.17 bits per heavy atom. The molecule has 2 atom stereocenters. The fraction of sp³-hybridized carbons (Fsp3) is 0.333. The van der Waals surface area contributed by atoms with E-state index in [0.29, 0.717) is 0 Å². The Bertz CT molecular complexity index is 539. The zero-order valence-electron chi connectivity index (χ0n) is 10.8. The molecular weight excluding hydrogens is 226 g/mol. The van der Waals surface area contributed by atoms with Gasteiger partial charge in [0.2, 0.25) is 0 Å². The van der Waals surface area contributed by atoms with Crippen LogP contribution in [-0.2, 0) is 0 Å². The topological polar surface area (TPSA) is 55.5 Å². The summed E-state index contributed by atoms with van der Waals surface area (Å²) in [5, 5.41) is 12.3. The molecule has 0 bridgehead atoms. The van der Waals surface area contributed by atoms with E-state index in [1.807, 2.05) is 43.3 Å². The fourth-order valence-corrected chi connectivity index (χ4v) is 2.18. The average Bonchev–Trinajstić information content (AvgIpc) is 2.44. The molecule has 0 aliphatic heterocycles. The van der Waals surface area contributed by atoms with Crippen molar-refractivity contribution in [3.05, 3.63) is 42.0 Å². The minimum absolute atomic E-state index is 0.248. The lowest BCUT2D eigenvalue weighted by atomic mass is 9.95. The van der Waals surface area contributed by atoms with E-state index in [-0.39, 0.29) is 6.04 Å². The number of fused-ring (bicyclic) bond motifs is 1. The van der Waals surface area contributed by atoms with Gasteiger partial charge in [-0.05, 0) is 23.4 Å². The van der Waals surface area contributed by atoms with Gasteiger partial charge in [-0.3, -0.25) is 0 Å². The van der Waals surface area contributed by atoms with Crippen LogP contribution in [-0.4, -0.2) is 18.3 Å². The lowest BCUT2D eigenvalue weighted by Gasteiger charge is -2.20. The van der Waals surface area contributed by atoms with Gasteiger partial charge in [-0.2, -0.15) is 0 Å². The van der Waals surface area contributed by atoms with Gasteiger partial charge in [0, 0.05) is 11.4 Å². The Kier molecular flexibility index (Phi) is 3.84. The largest absolute Gasteiger partial charge is 0.496 e. The van der Waals surface area contributed by atoms with Gasteiger partial charge < -0.3 is 15.6 Å². The van der Waals surface area contributed by atoms with Crippen LogP contribution in [0.3, 0.4) is 0 Å². The Labute approximate surface area is 107 Å². The molecule has 0 saturated carbocycles. The van der Waals surface area contributed by atoms with E-state index in [9.17, 15) is 5.11 Å². The summed E-state index contributed by atoms with van der Waals surface area (Å²) in [4.78, 5) is 0. The molecule has 18 heavy (non-hydrogen) atoms. The summed E-state index contributed by atoms with van der Waals surface area (Å²) in [6.07, 6.45) is 0.0902. The first-order valence-electron chi connectivity index (χ1n) is 6.18. The molecule has 0 heterocycles. The molecule has 96 valence electrons. The number of ether oxygens (including phenoxy) is 1. The molecule has 2 unspecified atom stereocenters. The Hall–Kier alpha value is -1.58. The molecule has 0 aliphatic rings. The van der Waals surface area contributed by atoms with Crippen molar-refractivity contribution < 1.29 is 9.84 Å². The van der Waals surface area contributed by atoms with Gasteiger partial charge in [0.15, 0.2) is 0 Å². The number of hydrogen-bond acceptors (Lipinski definition) is 3. The first-order chi connectivity index (χ1) is 8.69. The number of aliphatic hydroxyl groups excluding tert-OH is 1. The zero-order chi connectivity index (χ0) is 13.1. The molecule has 0 amide bonds. The quantitative estimate of drug-likeness (QED) is 0.870. The van der Waals surface area contributed by atoms with Gasteiger partial charge in [0.05, 0.1) is 13.2 Å². The second-order valence-corrected chi connectivity index (χ2v) is 4.42. The van der Waals surface area contributed by atoms with E-state index in [2.05, 4.69) is 0 Å². The highest BCUT2D eigenvalue weighted by atomic mass is 16.5.